The molecule has 1 aromatic heterocycles. The first kappa shape index (κ1) is 19.8. The molecule has 2 aromatic carbocycles. The third-order valence-electron chi connectivity index (χ3n) is 4.23. The Morgan fingerprint density at radius 2 is 1.96 bits per heavy atom. The van der Waals surface area contributed by atoms with Crippen LogP contribution in [0.5, 0.6) is 5.75 Å². The quantitative estimate of drug-likeness (QED) is 0.580. The maximum Gasteiger partial charge on any atom is 0.255 e. The van der Waals surface area contributed by atoms with E-state index in [2.05, 4.69) is 32.8 Å². The van der Waals surface area contributed by atoms with E-state index in [4.69, 9.17) is 4.74 Å². The highest BCUT2D eigenvalue weighted by molar-refractivity contribution is 9.10. The van der Waals surface area contributed by atoms with Crippen LogP contribution in [-0.4, -0.2) is 18.0 Å². The van der Waals surface area contributed by atoms with Gasteiger partial charge in [0, 0.05) is 27.5 Å². The van der Waals surface area contributed by atoms with Gasteiger partial charge in [0.1, 0.15) is 11.6 Å². The first-order valence-electron chi connectivity index (χ1n) is 8.46. The number of halogens is 2. The Balaban J connectivity index is 1.94. The second kappa shape index (κ2) is 8.35. The van der Waals surface area contributed by atoms with E-state index >= 15 is 0 Å². The molecule has 6 heteroatoms. The van der Waals surface area contributed by atoms with Gasteiger partial charge in [-0.25, -0.2) is 4.39 Å². The minimum atomic E-state index is -0.439. The van der Waals surface area contributed by atoms with Gasteiger partial charge in [0.2, 0.25) is 0 Å². The number of hydrogen-bond acceptors (Lipinski definition) is 3. The summed E-state index contributed by atoms with van der Waals surface area (Å²) in [6.45, 7) is 5.83. The number of pyridine rings is 1. The van der Waals surface area contributed by atoms with Crippen molar-refractivity contribution in [2.45, 2.75) is 6.92 Å². The molecule has 0 unspecified atom stereocenters. The van der Waals surface area contributed by atoms with E-state index in [1.165, 1.54) is 13.2 Å². The van der Waals surface area contributed by atoms with Crippen LogP contribution in [0.3, 0.4) is 0 Å². The first-order chi connectivity index (χ1) is 13.4. The number of aromatic nitrogens is 1. The Labute approximate surface area is 171 Å². The maximum absolute atomic E-state index is 14.4. The number of hydrogen-bond donors (Lipinski definition) is 1. The third-order valence-corrected chi connectivity index (χ3v) is 4.72. The Morgan fingerprint density at radius 3 is 2.68 bits per heavy atom. The van der Waals surface area contributed by atoms with Crippen LogP contribution < -0.4 is 10.1 Å². The fourth-order valence-electron chi connectivity index (χ4n) is 2.81. The monoisotopic (exact) mass is 440 g/mol. The van der Waals surface area contributed by atoms with Gasteiger partial charge in [0.05, 0.1) is 18.4 Å². The van der Waals surface area contributed by atoms with Crippen molar-refractivity contribution in [3.05, 3.63) is 88.3 Å². The average molecular weight is 441 g/mol. The summed E-state index contributed by atoms with van der Waals surface area (Å²) in [5.74, 6) is -0.343. The molecule has 0 atom stereocenters. The van der Waals surface area contributed by atoms with Crippen molar-refractivity contribution >= 4 is 27.5 Å². The molecule has 4 nitrogen and oxygen atoms in total. The van der Waals surface area contributed by atoms with E-state index in [0.29, 0.717) is 28.3 Å². The summed E-state index contributed by atoms with van der Waals surface area (Å²) < 4.78 is 20.5. The van der Waals surface area contributed by atoms with E-state index < -0.39 is 5.82 Å². The van der Waals surface area contributed by atoms with Gasteiger partial charge in [-0.2, -0.15) is 0 Å². The molecule has 1 heterocycles. The number of amides is 1. The molecular formula is C22H18BrFN2O2. The van der Waals surface area contributed by atoms with Crippen molar-refractivity contribution in [1.29, 1.82) is 0 Å². The Kier molecular flexibility index (Phi) is 5.90. The van der Waals surface area contributed by atoms with E-state index in [-0.39, 0.29) is 11.5 Å². The molecular weight excluding hydrogens is 423 g/mol. The molecule has 0 bridgehead atoms. The Bertz CT molecular complexity index is 1070. The molecule has 0 aliphatic rings. The van der Waals surface area contributed by atoms with E-state index in [9.17, 15) is 9.18 Å². The molecule has 142 valence electrons. The van der Waals surface area contributed by atoms with E-state index in [0.717, 1.165) is 10.0 Å². The molecule has 0 saturated carbocycles. The largest absolute Gasteiger partial charge is 0.496 e. The van der Waals surface area contributed by atoms with Gasteiger partial charge in [-0.05, 0) is 48.9 Å². The zero-order chi connectivity index (χ0) is 20.3. The molecule has 0 spiro atoms. The van der Waals surface area contributed by atoms with Gasteiger partial charge in [-0.15, -0.1) is 0 Å². The van der Waals surface area contributed by atoms with Gasteiger partial charge in [0.25, 0.3) is 5.91 Å². The lowest BCUT2D eigenvalue weighted by Crippen LogP contribution is -2.21. The smallest absolute Gasteiger partial charge is 0.255 e. The summed E-state index contributed by atoms with van der Waals surface area (Å²) in [7, 11) is 1.48. The molecule has 1 amide bonds. The van der Waals surface area contributed by atoms with Crippen LogP contribution in [0, 0.1) is 12.7 Å². The number of nitrogens with zero attached hydrogens (tertiary/aromatic N) is 1. The molecule has 3 aromatic rings. The van der Waals surface area contributed by atoms with Crippen LogP contribution in [0.2, 0.25) is 0 Å². The highest BCUT2D eigenvalue weighted by atomic mass is 79.9. The Morgan fingerprint density at radius 1 is 1.21 bits per heavy atom. The summed E-state index contributed by atoms with van der Waals surface area (Å²) in [6.07, 6.45) is 1.62. The lowest BCUT2D eigenvalue weighted by atomic mass is 10.0. The zero-order valence-corrected chi connectivity index (χ0v) is 17.0. The predicted molar refractivity (Wildman–Crippen MR) is 112 cm³/mol. The van der Waals surface area contributed by atoms with Crippen molar-refractivity contribution in [3.63, 3.8) is 0 Å². The van der Waals surface area contributed by atoms with Crippen molar-refractivity contribution in [1.82, 2.24) is 10.3 Å². The molecule has 1 N–H and O–H groups in total. The number of carbonyl (C=O) groups is 1. The number of rotatable bonds is 5. The fourth-order valence-corrected chi connectivity index (χ4v) is 3.21. The lowest BCUT2D eigenvalue weighted by Gasteiger charge is -2.14. The summed E-state index contributed by atoms with van der Waals surface area (Å²) in [5.41, 5.74) is 3.03. The highest BCUT2D eigenvalue weighted by Gasteiger charge is 2.16. The van der Waals surface area contributed by atoms with E-state index in [1.54, 1.807) is 42.6 Å². The molecule has 0 aliphatic carbocycles. The predicted octanol–water partition coefficient (Wildman–Crippen LogP) is 5.37. The van der Waals surface area contributed by atoms with Gasteiger partial charge in [-0.3, -0.25) is 9.78 Å². The Hall–Kier alpha value is -2.99. The van der Waals surface area contributed by atoms with Gasteiger partial charge in [0.15, 0.2) is 0 Å². The van der Waals surface area contributed by atoms with Crippen LogP contribution in [0.15, 0.2) is 65.8 Å². The summed E-state index contributed by atoms with van der Waals surface area (Å²) >= 11 is 3.35. The summed E-state index contributed by atoms with van der Waals surface area (Å²) in [6, 6.07) is 13.3. The standard InChI is InChI=1S/C22H18BrFN2O2/c1-13-12-25-19(21-18(24)8-5-9-20(21)28-3)11-17(13)14(2)26-22(27)15-6-4-7-16(23)10-15/h4-12H,2H2,1,3H3,(H,26,27). The number of aryl methyl sites for hydroxylation is 1. The minimum Gasteiger partial charge on any atom is -0.496 e. The van der Waals surface area contributed by atoms with Gasteiger partial charge in [-0.1, -0.05) is 34.6 Å². The number of methoxy groups -OCH3 is 1. The molecule has 0 aliphatic heterocycles. The second-order valence-electron chi connectivity index (χ2n) is 6.14. The van der Waals surface area contributed by atoms with Crippen molar-refractivity contribution in [3.8, 4) is 17.0 Å². The normalized spacial score (nSPS) is 10.4. The molecule has 3 rings (SSSR count). The number of ether oxygens (including phenoxy) is 1. The fraction of sp³-hybridized carbons (Fsp3) is 0.0909. The molecule has 28 heavy (non-hydrogen) atoms. The second-order valence-corrected chi connectivity index (χ2v) is 7.06. The molecule has 0 radical (unpaired) electrons. The number of carbonyl (C=O) groups excluding carboxylic acids is 1. The average Bonchev–Trinajstić information content (AvgIpc) is 2.68. The van der Waals surface area contributed by atoms with Crippen LogP contribution >= 0.6 is 15.9 Å². The van der Waals surface area contributed by atoms with Crippen LogP contribution in [0.4, 0.5) is 4.39 Å². The maximum atomic E-state index is 14.4. The third kappa shape index (κ3) is 4.12. The lowest BCUT2D eigenvalue weighted by molar-refractivity contribution is 0.0973. The van der Waals surface area contributed by atoms with Gasteiger partial charge < -0.3 is 10.1 Å². The number of nitrogens with one attached hydrogen (secondary N) is 1. The van der Waals surface area contributed by atoms with Crippen LogP contribution in [0.25, 0.3) is 17.0 Å². The highest BCUT2D eigenvalue weighted by Crippen LogP contribution is 2.32. The topological polar surface area (TPSA) is 51.2 Å². The summed E-state index contributed by atoms with van der Waals surface area (Å²) in [5, 5.41) is 2.80. The van der Waals surface area contributed by atoms with Crippen molar-refractivity contribution in [2.75, 3.05) is 7.11 Å². The van der Waals surface area contributed by atoms with Crippen molar-refractivity contribution < 1.29 is 13.9 Å². The first-order valence-corrected chi connectivity index (χ1v) is 9.25. The molecule has 0 fully saturated rings. The van der Waals surface area contributed by atoms with E-state index in [1.807, 2.05) is 13.0 Å². The van der Waals surface area contributed by atoms with Crippen LogP contribution in [-0.2, 0) is 0 Å². The molecule has 0 saturated heterocycles. The SMILES string of the molecule is C=C(NC(=O)c1cccc(Br)c1)c1cc(-c2c(F)cccc2OC)ncc1C. The zero-order valence-electron chi connectivity index (χ0n) is 15.4. The number of benzene rings is 2. The van der Waals surface area contributed by atoms with Gasteiger partial charge >= 0.3 is 0 Å². The van der Waals surface area contributed by atoms with Crippen LogP contribution in [0.1, 0.15) is 21.5 Å². The van der Waals surface area contributed by atoms with Crippen molar-refractivity contribution in [2.24, 2.45) is 0 Å². The minimum absolute atomic E-state index is 0.261. The summed E-state index contributed by atoms with van der Waals surface area (Å²) in [4.78, 5) is 16.8.